The quantitative estimate of drug-likeness (QED) is 0.852. The molecule has 0 bridgehead atoms. The maximum atomic E-state index is 4.41. The second-order valence-corrected chi connectivity index (χ2v) is 4.94. The van der Waals surface area contributed by atoms with E-state index in [1.807, 2.05) is 10.9 Å². The molecule has 0 fully saturated rings. The summed E-state index contributed by atoms with van der Waals surface area (Å²) in [4.78, 5) is 8.61. The van der Waals surface area contributed by atoms with Crippen molar-refractivity contribution >= 4 is 16.9 Å². The van der Waals surface area contributed by atoms with Crippen LogP contribution in [0.2, 0.25) is 0 Å². The molecule has 2 rings (SSSR count). The van der Waals surface area contributed by atoms with Crippen LogP contribution in [0.25, 0.3) is 11.0 Å². The van der Waals surface area contributed by atoms with Crippen molar-refractivity contribution in [1.29, 1.82) is 0 Å². The molecule has 2 heterocycles. The van der Waals surface area contributed by atoms with E-state index in [9.17, 15) is 0 Å². The molecule has 0 saturated heterocycles. The van der Waals surface area contributed by atoms with Crippen molar-refractivity contribution in [3.63, 3.8) is 0 Å². The number of nitrogens with zero attached hydrogens (tertiary/aromatic N) is 4. The molecule has 2 aromatic heterocycles. The summed E-state index contributed by atoms with van der Waals surface area (Å²) >= 11 is 0. The van der Waals surface area contributed by atoms with Crippen LogP contribution >= 0.6 is 0 Å². The van der Waals surface area contributed by atoms with Gasteiger partial charge in [-0.3, -0.25) is 0 Å². The molecular weight excluding hydrogens is 226 g/mol. The topological polar surface area (TPSA) is 55.6 Å². The van der Waals surface area contributed by atoms with E-state index in [4.69, 9.17) is 0 Å². The zero-order valence-corrected chi connectivity index (χ0v) is 11.3. The SMILES string of the molecule is CCCNc1ncnc2c1cnn2CCC(C)C. The number of rotatable bonds is 6. The molecule has 0 spiro atoms. The van der Waals surface area contributed by atoms with Gasteiger partial charge in [-0.1, -0.05) is 20.8 Å². The Kier molecular flexibility index (Phi) is 4.12. The Balaban J connectivity index is 2.24. The first kappa shape index (κ1) is 12.8. The molecule has 0 amide bonds. The first-order chi connectivity index (χ1) is 8.72. The van der Waals surface area contributed by atoms with E-state index < -0.39 is 0 Å². The van der Waals surface area contributed by atoms with Gasteiger partial charge < -0.3 is 5.32 Å². The molecule has 0 saturated carbocycles. The minimum Gasteiger partial charge on any atom is -0.369 e. The second-order valence-electron chi connectivity index (χ2n) is 4.94. The van der Waals surface area contributed by atoms with Gasteiger partial charge in [-0.05, 0) is 18.8 Å². The highest BCUT2D eigenvalue weighted by Gasteiger charge is 2.09. The molecule has 1 N–H and O–H groups in total. The largest absolute Gasteiger partial charge is 0.369 e. The molecule has 0 aliphatic rings. The maximum Gasteiger partial charge on any atom is 0.163 e. The monoisotopic (exact) mass is 247 g/mol. The van der Waals surface area contributed by atoms with Gasteiger partial charge in [0, 0.05) is 13.1 Å². The van der Waals surface area contributed by atoms with Crippen molar-refractivity contribution in [2.45, 2.75) is 40.2 Å². The summed E-state index contributed by atoms with van der Waals surface area (Å²) in [5, 5.41) is 8.73. The number of aromatic nitrogens is 4. The Morgan fingerprint density at radius 2 is 2.17 bits per heavy atom. The van der Waals surface area contributed by atoms with E-state index in [1.165, 1.54) is 0 Å². The van der Waals surface area contributed by atoms with Gasteiger partial charge in [0.05, 0.1) is 11.6 Å². The van der Waals surface area contributed by atoms with Crippen molar-refractivity contribution in [3.05, 3.63) is 12.5 Å². The van der Waals surface area contributed by atoms with Crippen molar-refractivity contribution in [2.75, 3.05) is 11.9 Å². The third-order valence-electron chi connectivity index (χ3n) is 2.89. The van der Waals surface area contributed by atoms with Gasteiger partial charge in [0.1, 0.15) is 12.1 Å². The standard InChI is InChI=1S/C13H21N5/c1-4-6-14-12-11-8-17-18(7-5-10(2)3)13(11)16-9-15-12/h8-10H,4-7H2,1-3H3,(H,14,15,16). The lowest BCUT2D eigenvalue weighted by molar-refractivity contribution is 0.494. The van der Waals surface area contributed by atoms with E-state index >= 15 is 0 Å². The summed E-state index contributed by atoms with van der Waals surface area (Å²) in [6.07, 6.45) is 5.65. The number of hydrogen-bond donors (Lipinski definition) is 1. The Hall–Kier alpha value is -1.65. The number of aryl methyl sites for hydroxylation is 1. The second kappa shape index (κ2) is 5.80. The maximum absolute atomic E-state index is 4.41. The van der Waals surface area contributed by atoms with Gasteiger partial charge >= 0.3 is 0 Å². The molecule has 2 aromatic rings. The van der Waals surface area contributed by atoms with Gasteiger partial charge in [0.15, 0.2) is 5.65 Å². The minimum absolute atomic E-state index is 0.670. The normalized spacial score (nSPS) is 11.3. The van der Waals surface area contributed by atoms with Gasteiger partial charge in [-0.15, -0.1) is 0 Å². The zero-order valence-electron chi connectivity index (χ0n) is 11.3. The number of fused-ring (bicyclic) bond motifs is 1. The summed E-state index contributed by atoms with van der Waals surface area (Å²) in [7, 11) is 0. The summed E-state index contributed by atoms with van der Waals surface area (Å²) < 4.78 is 1.97. The molecule has 0 radical (unpaired) electrons. The molecule has 5 heteroatoms. The Bertz CT molecular complexity index is 503. The minimum atomic E-state index is 0.670. The first-order valence-corrected chi connectivity index (χ1v) is 6.62. The summed E-state index contributed by atoms with van der Waals surface area (Å²) in [5.41, 5.74) is 0.921. The average molecular weight is 247 g/mol. The van der Waals surface area contributed by atoms with Crippen molar-refractivity contribution in [1.82, 2.24) is 19.7 Å². The first-order valence-electron chi connectivity index (χ1n) is 6.62. The Labute approximate surface area is 108 Å². The van der Waals surface area contributed by atoms with Gasteiger partial charge in [0.2, 0.25) is 0 Å². The smallest absolute Gasteiger partial charge is 0.163 e. The van der Waals surface area contributed by atoms with Crippen LogP contribution in [0.5, 0.6) is 0 Å². The van der Waals surface area contributed by atoms with Crippen LogP contribution in [-0.2, 0) is 6.54 Å². The zero-order chi connectivity index (χ0) is 13.0. The van der Waals surface area contributed by atoms with E-state index in [2.05, 4.69) is 41.2 Å². The Morgan fingerprint density at radius 3 is 2.89 bits per heavy atom. The number of hydrogen-bond acceptors (Lipinski definition) is 4. The summed E-state index contributed by atoms with van der Waals surface area (Å²) in [6, 6.07) is 0. The summed E-state index contributed by atoms with van der Waals surface area (Å²) in [6.45, 7) is 8.40. The van der Waals surface area contributed by atoms with Crippen LogP contribution in [0, 0.1) is 5.92 Å². The van der Waals surface area contributed by atoms with Crippen LogP contribution in [0.4, 0.5) is 5.82 Å². The lowest BCUT2D eigenvalue weighted by Gasteiger charge is -2.07. The molecule has 5 nitrogen and oxygen atoms in total. The van der Waals surface area contributed by atoms with Crippen LogP contribution in [0.1, 0.15) is 33.6 Å². The molecule has 0 unspecified atom stereocenters. The highest BCUT2D eigenvalue weighted by Crippen LogP contribution is 2.19. The fourth-order valence-corrected chi connectivity index (χ4v) is 1.82. The highest BCUT2D eigenvalue weighted by molar-refractivity contribution is 5.85. The van der Waals surface area contributed by atoms with Crippen LogP contribution < -0.4 is 5.32 Å². The van der Waals surface area contributed by atoms with Crippen molar-refractivity contribution in [2.24, 2.45) is 5.92 Å². The van der Waals surface area contributed by atoms with Gasteiger partial charge in [-0.25, -0.2) is 14.6 Å². The molecular formula is C13H21N5. The lowest BCUT2D eigenvalue weighted by atomic mass is 10.1. The van der Waals surface area contributed by atoms with E-state index in [0.29, 0.717) is 5.92 Å². The van der Waals surface area contributed by atoms with Crippen LogP contribution in [0.3, 0.4) is 0 Å². The predicted octanol–water partition coefficient (Wildman–Crippen LogP) is 2.69. The van der Waals surface area contributed by atoms with Crippen molar-refractivity contribution < 1.29 is 0 Å². The average Bonchev–Trinajstić information content (AvgIpc) is 2.77. The fourth-order valence-electron chi connectivity index (χ4n) is 1.82. The van der Waals surface area contributed by atoms with Crippen LogP contribution in [-0.4, -0.2) is 26.3 Å². The highest BCUT2D eigenvalue weighted by atomic mass is 15.3. The van der Waals surface area contributed by atoms with Crippen LogP contribution in [0.15, 0.2) is 12.5 Å². The molecule has 0 aliphatic carbocycles. The van der Waals surface area contributed by atoms with E-state index in [1.54, 1.807) is 6.33 Å². The molecule has 98 valence electrons. The number of nitrogens with one attached hydrogen (secondary N) is 1. The lowest BCUT2D eigenvalue weighted by Crippen LogP contribution is -2.05. The Morgan fingerprint density at radius 1 is 1.33 bits per heavy atom. The molecule has 0 atom stereocenters. The van der Waals surface area contributed by atoms with E-state index in [0.717, 1.165) is 42.8 Å². The molecule has 0 aliphatic heterocycles. The van der Waals surface area contributed by atoms with Crippen molar-refractivity contribution in [3.8, 4) is 0 Å². The van der Waals surface area contributed by atoms with Gasteiger partial charge in [0.25, 0.3) is 0 Å². The third kappa shape index (κ3) is 2.78. The van der Waals surface area contributed by atoms with E-state index in [-0.39, 0.29) is 0 Å². The fraction of sp³-hybridized carbons (Fsp3) is 0.615. The molecule has 18 heavy (non-hydrogen) atoms. The third-order valence-corrected chi connectivity index (χ3v) is 2.89. The van der Waals surface area contributed by atoms with Gasteiger partial charge in [-0.2, -0.15) is 5.10 Å². The predicted molar refractivity (Wildman–Crippen MR) is 73.6 cm³/mol. The molecule has 0 aromatic carbocycles. The summed E-state index contributed by atoms with van der Waals surface area (Å²) in [5.74, 6) is 1.56. The number of anilines is 1.